The van der Waals surface area contributed by atoms with Gasteiger partial charge in [0, 0.05) is 13.1 Å². The molecular formula is C25H34N4O3. The van der Waals surface area contributed by atoms with Crippen LogP contribution in [0.5, 0.6) is 11.5 Å². The highest BCUT2D eigenvalue weighted by Crippen LogP contribution is 2.29. The molecule has 0 aliphatic carbocycles. The smallest absolute Gasteiger partial charge is 0.161 e. The number of aliphatic hydroxyl groups excluding tert-OH is 1. The van der Waals surface area contributed by atoms with E-state index in [1.54, 1.807) is 7.11 Å². The molecule has 0 saturated carbocycles. The van der Waals surface area contributed by atoms with Crippen LogP contribution >= 0.6 is 0 Å². The molecule has 3 aromatic rings. The van der Waals surface area contributed by atoms with Crippen molar-refractivity contribution in [3.8, 4) is 11.5 Å². The number of nitrogens with zero attached hydrogens (tertiary/aromatic N) is 3. The molecule has 0 spiro atoms. The van der Waals surface area contributed by atoms with Crippen LogP contribution in [-0.4, -0.2) is 71.4 Å². The molecule has 7 heteroatoms. The van der Waals surface area contributed by atoms with Crippen LogP contribution in [0.3, 0.4) is 0 Å². The highest BCUT2D eigenvalue weighted by Gasteiger charge is 2.16. The molecule has 4 rings (SSSR count). The van der Waals surface area contributed by atoms with Gasteiger partial charge in [0.05, 0.1) is 24.7 Å². The van der Waals surface area contributed by atoms with E-state index in [2.05, 4.69) is 26.8 Å². The lowest BCUT2D eigenvalue weighted by Gasteiger charge is -2.28. The van der Waals surface area contributed by atoms with Gasteiger partial charge in [0.25, 0.3) is 0 Å². The van der Waals surface area contributed by atoms with Gasteiger partial charge in [-0.05, 0) is 62.8 Å². The number of H-pyrrole nitrogens is 1. The SMILES string of the molecule is COc1ccc(CN(C)Cc2nc3ccccc3[nH]2)cc1OC[C@@H](O)CN1CCCCC1. The van der Waals surface area contributed by atoms with Gasteiger partial charge in [0.1, 0.15) is 18.5 Å². The standard InChI is InChI=1S/C25H34N4O3/c1-28(17-25-26-21-8-4-5-9-22(21)27-25)15-19-10-11-23(31-2)24(14-19)32-18-20(30)16-29-12-6-3-7-13-29/h4-5,8-11,14,20,30H,3,6-7,12-13,15-18H2,1-2H3,(H,26,27)/t20-/m0/s1. The lowest BCUT2D eigenvalue weighted by atomic mass is 10.1. The van der Waals surface area contributed by atoms with Gasteiger partial charge in [-0.15, -0.1) is 0 Å². The Bertz CT molecular complexity index is 967. The van der Waals surface area contributed by atoms with E-state index < -0.39 is 6.10 Å². The predicted octanol–water partition coefficient (Wildman–Crippen LogP) is 3.43. The van der Waals surface area contributed by atoms with E-state index in [1.165, 1.54) is 19.3 Å². The number of hydrogen-bond acceptors (Lipinski definition) is 6. The largest absolute Gasteiger partial charge is 0.493 e. The van der Waals surface area contributed by atoms with Crippen LogP contribution in [0, 0.1) is 0 Å². The molecule has 1 atom stereocenters. The highest BCUT2D eigenvalue weighted by atomic mass is 16.5. The summed E-state index contributed by atoms with van der Waals surface area (Å²) in [5.41, 5.74) is 3.16. The number of β-amino-alcohol motifs (C(OH)–C–C–N with tert-alkyl or cyclic N) is 1. The molecule has 2 aromatic carbocycles. The van der Waals surface area contributed by atoms with Crippen molar-refractivity contribution >= 4 is 11.0 Å². The Balaban J connectivity index is 1.34. The monoisotopic (exact) mass is 438 g/mol. The minimum absolute atomic E-state index is 0.255. The number of aromatic nitrogens is 2. The minimum Gasteiger partial charge on any atom is -0.493 e. The van der Waals surface area contributed by atoms with Gasteiger partial charge in [0.2, 0.25) is 0 Å². The van der Waals surface area contributed by atoms with E-state index >= 15 is 0 Å². The average Bonchev–Trinajstić information content (AvgIpc) is 3.20. The fraction of sp³-hybridized carbons (Fsp3) is 0.480. The Morgan fingerprint density at radius 3 is 2.69 bits per heavy atom. The van der Waals surface area contributed by atoms with Crippen molar-refractivity contribution in [3.63, 3.8) is 0 Å². The second-order valence-electron chi connectivity index (χ2n) is 8.68. The molecule has 0 unspecified atom stereocenters. The number of aromatic amines is 1. The third-order valence-corrected chi connectivity index (χ3v) is 5.89. The van der Waals surface area contributed by atoms with Crippen LogP contribution in [0.1, 0.15) is 30.7 Å². The van der Waals surface area contributed by atoms with E-state index in [1.807, 2.05) is 42.5 Å². The molecule has 0 radical (unpaired) electrons. The number of imidazole rings is 1. The number of benzene rings is 2. The molecule has 2 heterocycles. The zero-order valence-corrected chi connectivity index (χ0v) is 19.1. The third kappa shape index (κ3) is 6.00. The molecule has 172 valence electrons. The molecule has 1 aromatic heterocycles. The maximum Gasteiger partial charge on any atom is 0.161 e. The quantitative estimate of drug-likeness (QED) is 0.505. The first-order valence-electron chi connectivity index (χ1n) is 11.4. The van der Waals surface area contributed by atoms with Crippen LogP contribution in [0.4, 0.5) is 0 Å². The van der Waals surface area contributed by atoms with Gasteiger partial charge in [-0.3, -0.25) is 4.90 Å². The fourth-order valence-corrected chi connectivity index (χ4v) is 4.31. The van der Waals surface area contributed by atoms with Gasteiger partial charge in [-0.2, -0.15) is 0 Å². The molecule has 1 aliphatic rings. The van der Waals surface area contributed by atoms with Crippen molar-refractivity contribution < 1.29 is 14.6 Å². The first-order chi connectivity index (χ1) is 15.6. The summed E-state index contributed by atoms with van der Waals surface area (Å²) in [6, 6.07) is 14.0. The summed E-state index contributed by atoms with van der Waals surface area (Å²) < 4.78 is 11.4. The summed E-state index contributed by atoms with van der Waals surface area (Å²) in [7, 11) is 3.71. The zero-order chi connectivity index (χ0) is 22.3. The van der Waals surface area contributed by atoms with Gasteiger partial charge in [-0.1, -0.05) is 24.6 Å². The number of aliphatic hydroxyl groups is 1. The van der Waals surface area contributed by atoms with E-state index in [4.69, 9.17) is 9.47 Å². The Morgan fingerprint density at radius 2 is 1.91 bits per heavy atom. The Labute approximate surface area is 190 Å². The van der Waals surface area contributed by atoms with E-state index in [9.17, 15) is 5.11 Å². The van der Waals surface area contributed by atoms with Gasteiger partial charge < -0.3 is 24.5 Å². The van der Waals surface area contributed by atoms with Crippen LogP contribution in [0.25, 0.3) is 11.0 Å². The Hall–Kier alpha value is -2.61. The number of piperidine rings is 1. The number of fused-ring (bicyclic) bond motifs is 1. The number of para-hydroxylation sites is 2. The Morgan fingerprint density at radius 1 is 1.09 bits per heavy atom. The molecule has 1 aliphatic heterocycles. The summed E-state index contributed by atoms with van der Waals surface area (Å²) in [5, 5.41) is 10.4. The second-order valence-corrected chi connectivity index (χ2v) is 8.68. The number of methoxy groups -OCH3 is 1. The Kier molecular flexibility index (Phi) is 7.63. The molecule has 0 amide bonds. The first-order valence-corrected chi connectivity index (χ1v) is 11.4. The number of rotatable bonds is 10. The number of nitrogens with one attached hydrogen (secondary N) is 1. The van der Waals surface area contributed by atoms with Crippen molar-refractivity contribution in [1.29, 1.82) is 0 Å². The van der Waals surface area contributed by atoms with Crippen molar-refractivity contribution in [2.24, 2.45) is 0 Å². The van der Waals surface area contributed by atoms with Gasteiger partial charge in [-0.25, -0.2) is 4.98 Å². The first kappa shape index (κ1) is 22.6. The number of ether oxygens (including phenoxy) is 2. The topological polar surface area (TPSA) is 73.8 Å². The molecule has 1 fully saturated rings. The van der Waals surface area contributed by atoms with E-state index in [0.717, 1.165) is 42.1 Å². The zero-order valence-electron chi connectivity index (χ0n) is 19.1. The van der Waals surface area contributed by atoms with Crippen molar-refractivity contribution in [2.75, 3.05) is 40.4 Å². The molecular weight excluding hydrogens is 404 g/mol. The predicted molar refractivity (Wildman–Crippen MR) is 126 cm³/mol. The highest BCUT2D eigenvalue weighted by molar-refractivity contribution is 5.74. The molecule has 32 heavy (non-hydrogen) atoms. The van der Waals surface area contributed by atoms with Crippen LogP contribution in [0.15, 0.2) is 42.5 Å². The van der Waals surface area contributed by atoms with E-state index in [0.29, 0.717) is 24.6 Å². The number of likely N-dealkylation sites (tertiary alicyclic amines) is 1. The van der Waals surface area contributed by atoms with Gasteiger partial charge >= 0.3 is 0 Å². The van der Waals surface area contributed by atoms with Crippen LogP contribution in [0.2, 0.25) is 0 Å². The normalized spacial score (nSPS) is 15.9. The molecule has 1 saturated heterocycles. The minimum atomic E-state index is -0.516. The lowest BCUT2D eigenvalue weighted by Crippen LogP contribution is -2.38. The summed E-state index contributed by atoms with van der Waals surface area (Å²) in [4.78, 5) is 12.6. The summed E-state index contributed by atoms with van der Waals surface area (Å²) in [6.07, 6.45) is 3.20. The van der Waals surface area contributed by atoms with E-state index in [-0.39, 0.29) is 6.61 Å². The van der Waals surface area contributed by atoms with Crippen molar-refractivity contribution in [1.82, 2.24) is 19.8 Å². The third-order valence-electron chi connectivity index (χ3n) is 5.89. The lowest BCUT2D eigenvalue weighted by molar-refractivity contribution is 0.0608. The maximum absolute atomic E-state index is 10.4. The second kappa shape index (κ2) is 10.8. The summed E-state index contributed by atoms with van der Waals surface area (Å²) in [5.74, 6) is 2.29. The van der Waals surface area contributed by atoms with Crippen molar-refractivity contribution in [2.45, 2.75) is 38.5 Å². The number of hydrogen-bond donors (Lipinski definition) is 2. The maximum atomic E-state index is 10.4. The fourth-order valence-electron chi connectivity index (χ4n) is 4.31. The molecule has 7 nitrogen and oxygen atoms in total. The molecule has 2 N–H and O–H groups in total. The van der Waals surface area contributed by atoms with Crippen LogP contribution in [-0.2, 0) is 13.1 Å². The summed E-state index contributed by atoms with van der Waals surface area (Å²) >= 11 is 0. The van der Waals surface area contributed by atoms with Crippen LogP contribution < -0.4 is 9.47 Å². The van der Waals surface area contributed by atoms with Crippen molar-refractivity contribution in [3.05, 3.63) is 53.9 Å². The molecule has 0 bridgehead atoms. The summed E-state index contributed by atoms with van der Waals surface area (Å²) in [6.45, 7) is 4.49. The average molecular weight is 439 g/mol. The van der Waals surface area contributed by atoms with Gasteiger partial charge in [0.15, 0.2) is 11.5 Å².